The van der Waals surface area contributed by atoms with E-state index in [1.54, 1.807) is 26.2 Å². The second kappa shape index (κ2) is 7.70. The predicted molar refractivity (Wildman–Crippen MR) is 99.0 cm³/mol. The molecule has 2 heterocycles. The lowest BCUT2D eigenvalue weighted by molar-refractivity contribution is 0.166. The molecule has 1 N–H and O–H groups in total. The standard InChI is InChI=1S/C17H27N3O2S.ClH/c1-19(2)23(21,22)17-8-4-13(5-9-17)12-20(3)16-10-14-6-7-15(11-16)18-14;/h4-5,8-9,14-16,18H,6-7,10-12H2,1-3H3;1H. The van der Waals surface area contributed by atoms with Gasteiger partial charge in [-0.05, 0) is 50.4 Å². The number of piperidine rings is 1. The SMILES string of the molecule is CN(Cc1ccc(S(=O)(=O)N(C)C)cc1)C1CC2CCC(C1)N2.Cl. The van der Waals surface area contributed by atoms with Gasteiger partial charge in [0.2, 0.25) is 10.0 Å². The number of hydrogen-bond donors (Lipinski definition) is 1. The van der Waals surface area contributed by atoms with Crippen LogP contribution >= 0.6 is 12.4 Å². The van der Waals surface area contributed by atoms with Gasteiger partial charge in [0.1, 0.15) is 0 Å². The van der Waals surface area contributed by atoms with Crippen molar-refractivity contribution in [1.29, 1.82) is 0 Å². The molecule has 0 aliphatic carbocycles. The first-order valence-corrected chi connectivity index (χ1v) is 9.78. The highest BCUT2D eigenvalue weighted by molar-refractivity contribution is 7.89. The number of hydrogen-bond acceptors (Lipinski definition) is 4. The van der Waals surface area contributed by atoms with E-state index < -0.39 is 10.0 Å². The Bertz CT molecular complexity index is 636. The van der Waals surface area contributed by atoms with Gasteiger partial charge < -0.3 is 5.32 Å². The topological polar surface area (TPSA) is 52.7 Å². The molecule has 2 unspecified atom stereocenters. The van der Waals surface area contributed by atoms with Crippen LogP contribution in [-0.2, 0) is 16.6 Å². The van der Waals surface area contributed by atoms with E-state index in [-0.39, 0.29) is 12.4 Å². The zero-order valence-corrected chi connectivity index (χ0v) is 16.2. The molecule has 1 aromatic rings. The first-order chi connectivity index (χ1) is 10.9. The Morgan fingerprint density at radius 1 is 1.04 bits per heavy atom. The minimum atomic E-state index is -3.34. The fraction of sp³-hybridized carbons (Fsp3) is 0.647. The highest BCUT2D eigenvalue weighted by atomic mass is 35.5. The van der Waals surface area contributed by atoms with E-state index in [0.717, 1.165) is 12.1 Å². The molecule has 24 heavy (non-hydrogen) atoms. The predicted octanol–water partition coefficient (Wildman–Crippen LogP) is 2.07. The average molecular weight is 374 g/mol. The van der Waals surface area contributed by atoms with Crippen LogP contribution < -0.4 is 5.32 Å². The summed E-state index contributed by atoms with van der Waals surface area (Å²) in [6, 6.07) is 9.29. The molecule has 0 amide bonds. The van der Waals surface area contributed by atoms with Crippen LogP contribution in [-0.4, -0.2) is 56.9 Å². The van der Waals surface area contributed by atoms with E-state index in [1.165, 1.54) is 30.0 Å². The van der Waals surface area contributed by atoms with Gasteiger partial charge in [0.25, 0.3) is 0 Å². The molecule has 0 saturated carbocycles. The second-order valence-corrected chi connectivity index (χ2v) is 9.26. The van der Waals surface area contributed by atoms with Gasteiger partial charge >= 0.3 is 0 Å². The summed E-state index contributed by atoms with van der Waals surface area (Å²) in [7, 11) is 1.96. The summed E-state index contributed by atoms with van der Waals surface area (Å²) in [4.78, 5) is 2.77. The van der Waals surface area contributed by atoms with Crippen LogP contribution in [0.25, 0.3) is 0 Å². The largest absolute Gasteiger partial charge is 0.311 e. The Morgan fingerprint density at radius 3 is 2.08 bits per heavy atom. The Labute approximate surface area is 151 Å². The minimum Gasteiger partial charge on any atom is -0.311 e. The molecular weight excluding hydrogens is 346 g/mol. The molecule has 5 nitrogen and oxygen atoms in total. The summed E-state index contributed by atoms with van der Waals surface area (Å²) in [6.45, 7) is 0.867. The van der Waals surface area contributed by atoms with Gasteiger partial charge in [-0.2, -0.15) is 0 Å². The zero-order chi connectivity index (χ0) is 16.6. The summed E-state index contributed by atoms with van der Waals surface area (Å²) in [5, 5.41) is 3.68. The number of halogens is 1. The van der Waals surface area contributed by atoms with Gasteiger partial charge in [-0.3, -0.25) is 4.90 Å². The number of nitrogens with zero attached hydrogens (tertiary/aromatic N) is 2. The van der Waals surface area contributed by atoms with Crippen molar-refractivity contribution in [2.45, 2.75) is 55.2 Å². The van der Waals surface area contributed by atoms with E-state index in [1.807, 2.05) is 12.1 Å². The highest BCUT2D eigenvalue weighted by Crippen LogP contribution is 2.29. The molecule has 0 spiro atoms. The maximum Gasteiger partial charge on any atom is 0.242 e. The van der Waals surface area contributed by atoms with Gasteiger partial charge in [-0.1, -0.05) is 12.1 Å². The van der Waals surface area contributed by atoms with Crippen LogP contribution in [0.15, 0.2) is 29.2 Å². The Balaban J connectivity index is 0.00000208. The van der Waals surface area contributed by atoms with E-state index in [2.05, 4.69) is 17.3 Å². The van der Waals surface area contributed by atoms with Gasteiger partial charge in [-0.25, -0.2) is 12.7 Å². The molecule has 3 rings (SSSR count). The zero-order valence-electron chi connectivity index (χ0n) is 14.6. The molecule has 2 saturated heterocycles. The normalized spacial score (nSPS) is 26.6. The van der Waals surface area contributed by atoms with Gasteiger partial charge in [0.15, 0.2) is 0 Å². The van der Waals surface area contributed by atoms with Crippen molar-refractivity contribution in [2.24, 2.45) is 0 Å². The molecule has 0 aromatic heterocycles. The van der Waals surface area contributed by atoms with Crippen LogP contribution in [0.2, 0.25) is 0 Å². The van der Waals surface area contributed by atoms with Crippen molar-refractivity contribution in [3.63, 3.8) is 0 Å². The van der Waals surface area contributed by atoms with Gasteiger partial charge in [-0.15, -0.1) is 12.4 Å². The Kier molecular flexibility index (Phi) is 6.31. The summed E-state index contributed by atoms with van der Waals surface area (Å²) in [6.07, 6.45) is 5.07. The van der Waals surface area contributed by atoms with E-state index in [9.17, 15) is 8.42 Å². The highest BCUT2D eigenvalue weighted by Gasteiger charge is 2.34. The van der Waals surface area contributed by atoms with Crippen molar-refractivity contribution < 1.29 is 8.42 Å². The van der Waals surface area contributed by atoms with E-state index in [4.69, 9.17) is 0 Å². The average Bonchev–Trinajstić information content (AvgIpc) is 2.85. The van der Waals surface area contributed by atoms with E-state index >= 15 is 0 Å². The molecular formula is C17H28ClN3O2S. The molecule has 2 bridgehead atoms. The third-order valence-electron chi connectivity index (χ3n) is 5.21. The molecule has 7 heteroatoms. The summed E-state index contributed by atoms with van der Waals surface area (Å²) >= 11 is 0. The van der Waals surface area contributed by atoms with Crippen LogP contribution in [0, 0.1) is 0 Å². The molecule has 2 fully saturated rings. The molecule has 2 aliphatic heterocycles. The number of fused-ring (bicyclic) bond motifs is 2. The Morgan fingerprint density at radius 2 is 1.58 bits per heavy atom. The van der Waals surface area contributed by atoms with E-state index in [0.29, 0.717) is 23.0 Å². The van der Waals surface area contributed by atoms with Crippen LogP contribution in [0.1, 0.15) is 31.2 Å². The third-order valence-corrected chi connectivity index (χ3v) is 7.03. The van der Waals surface area contributed by atoms with Crippen molar-refractivity contribution in [2.75, 3.05) is 21.1 Å². The fourth-order valence-corrected chi connectivity index (χ4v) is 4.68. The summed E-state index contributed by atoms with van der Waals surface area (Å²) < 4.78 is 25.4. The lowest BCUT2D eigenvalue weighted by Crippen LogP contribution is -2.46. The number of benzene rings is 1. The first-order valence-electron chi connectivity index (χ1n) is 8.34. The number of sulfonamides is 1. The van der Waals surface area contributed by atoms with Crippen LogP contribution in [0.4, 0.5) is 0 Å². The van der Waals surface area contributed by atoms with Crippen LogP contribution in [0.3, 0.4) is 0 Å². The van der Waals surface area contributed by atoms with Crippen molar-refractivity contribution in [3.8, 4) is 0 Å². The minimum absolute atomic E-state index is 0. The van der Waals surface area contributed by atoms with Gasteiger partial charge in [0.05, 0.1) is 4.90 Å². The molecule has 2 aliphatic rings. The number of rotatable bonds is 5. The maximum atomic E-state index is 12.1. The molecule has 0 radical (unpaired) electrons. The summed E-state index contributed by atoms with van der Waals surface area (Å²) in [5.41, 5.74) is 1.16. The molecule has 136 valence electrons. The summed E-state index contributed by atoms with van der Waals surface area (Å²) in [5.74, 6) is 0. The van der Waals surface area contributed by atoms with Gasteiger partial charge in [0, 0.05) is 38.8 Å². The lowest BCUT2D eigenvalue weighted by atomic mass is 9.98. The fourth-order valence-electron chi connectivity index (χ4n) is 3.78. The quantitative estimate of drug-likeness (QED) is 0.858. The Hall–Kier alpha value is -0.660. The maximum absolute atomic E-state index is 12.1. The smallest absolute Gasteiger partial charge is 0.242 e. The van der Waals surface area contributed by atoms with Crippen molar-refractivity contribution in [1.82, 2.24) is 14.5 Å². The molecule has 2 atom stereocenters. The molecule has 1 aromatic carbocycles. The third kappa shape index (κ3) is 4.11. The van der Waals surface area contributed by atoms with Crippen molar-refractivity contribution >= 4 is 22.4 Å². The van der Waals surface area contributed by atoms with Crippen molar-refractivity contribution in [3.05, 3.63) is 29.8 Å². The second-order valence-electron chi connectivity index (χ2n) is 7.11. The monoisotopic (exact) mass is 373 g/mol. The first kappa shape index (κ1) is 19.7. The lowest BCUT2D eigenvalue weighted by Gasteiger charge is -2.35. The van der Waals surface area contributed by atoms with Crippen LogP contribution in [0.5, 0.6) is 0 Å². The number of nitrogens with one attached hydrogen (secondary N) is 1.